The van der Waals surface area contributed by atoms with Crippen LogP contribution in [-0.2, 0) is 0 Å². The number of rotatable bonds is 6. The molecule has 0 saturated carbocycles. The van der Waals surface area contributed by atoms with Gasteiger partial charge in [0, 0.05) is 18.2 Å². The van der Waals surface area contributed by atoms with Crippen LogP contribution >= 0.6 is 0 Å². The third-order valence-corrected chi connectivity index (χ3v) is 2.62. The Morgan fingerprint density at radius 1 is 1.42 bits per heavy atom. The molecule has 0 aliphatic rings. The van der Waals surface area contributed by atoms with Gasteiger partial charge in [0.1, 0.15) is 0 Å². The Balaban J connectivity index is 2.46. The second-order valence-electron chi connectivity index (χ2n) is 4.44. The zero-order chi connectivity index (χ0) is 14.5. The molecule has 0 aliphatic heterocycles. The Morgan fingerprint density at radius 3 is 2.68 bits per heavy atom. The minimum Gasteiger partial charge on any atom is -0.478 e. The number of carbonyl (C=O) groups is 1. The number of nitrogens with one attached hydrogen (secondary N) is 1. The average molecular weight is 275 g/mol. The molecule has 1 unspecified atom stereocenters. The first-order valence-corrected chi connectivity index (χ1v) is 5.94. The second-order valence-corrected chi connectivity index (χ2v) is 4.44. The van der Waals surface area contributed by atoms with Gasteiger partial charge in [-0.1, -0.05) is 6.07 Å². The Hall–Kier alpha value is -1.72. The van der Waals surface area contributed by atoms with E-state index in [1.54, 1.807) is 19.1 Å². The highest BCUT2D eigenvalue weighted by Gasteiger charge is 2.26. The molecule has 0 saturated heterocycles. The number of hydrogen-bond donors (Lipinski definition) is 2. The van der Waals surface area contributed by atoms with E-state index in [1.807, 2.05) is 0 Å². The summed E-state index contributed by atoms with van der Waals surface area (Å²) in [5.41, 5.74) is 0.743. The maximum atomic E-state index is 12.0. The fraction of sp³-hybridized carbons (Fsp3) is 0.462. The average Bonchev–Trinajstić information content (AvgIpc) is 2.27. The molecule has 1 aromatic carbocycles. The zero-order valence-electron chi connectivity index (χ0n) is 10.5. The summed E-state index contributed by atoms with van der Waals surface area (Å²) >= 11 is 0. The lowest BCUT2D eigenvalue weighted by Crippen LogP contribution is -2.17. The molecule has 2 N–H and O–H groups in total. The van der Waals surface area contributed by atoms with Crippen molar-refractivity contribution in [3.8, 4) is 0 Å². The first kappa shape index (κ1) is 15.3. The molecule has 0 bridgehead atoms. The molecule has 0 fully saturated rings. The molecule has 1 rings (SSSR count). The number of carboxylic acids is 1. The van der Waals surface area contributed by atoms with Gasteiger partial charge < -0.3 is 10.4 Å². The van der Waals surface area contributed by atoms with Gasteiger partial charge in [-0.05, 0) is 38.0 Å². The van der Waals surface area contributed by atoms with Gasteiger partial charge in [0.25, 0.3) is 0 Å². The fourth-order valence-corrected chi connectivity index (χ4v) is 1.71. The van der Waals surface area contributed by atoms with Crippen LogP contribution in [0.2, 0.25) is 0 Å². The summed E-state index contributed by atoms with van der Waals surface area (Å²) in [7, 11) is 0. The molecule has 0 aromatic heterocycles. The minimum atomic E-state index is -4.12. The largest absolute Gasteiger partial charge is 0.478 e. The van der Waals surface area contributed by atoms with Crippen molar-refractivity contribution in [2.24, 2.45) is 0 Å². The van der Waals surface area contributed by atoms with Gasteiger partial charge in [0.2, 0.25) is 0 Å². The highest BCUT2D eigenvalue weighted by molar-refractivity contribution is 5.88. The highest BCUT2D eigenvalue weighted by Crippen LogP contribution is 2.23. The van der Waals surface area contributed by atoms with E-state index in [2.05, 4.69) is 5.32 Å². The number of anilines is 1. The molecule has 0 heterocycles. The van der Waals surface area contributed by atoms with Crippen LogP contribution in [0.25, 0.3) is 0 Å². The van der Waals surface area contributed by atoms with Crippen LogP contribution in [0, 0.1) is 0 Å². The summed E-state index contributed by atoms with van der Waals surface area (Å²) in [6.07, 6.45) is -4.50. The van der Waals surface area contributed by atoms with Crippen molar-refractivity contribution in [2.75, 3.05) is 5.32 Å². The fourth-order valence-electron chi connectivity index (χ4n) is 1.71. The van der Waals surface area contributed by atoms with Crippen molar-refractivity contribution in [3.63, 3.8) is 0 Å². The molecule has 0 amide bonds. The number of halogens is 3. The van der Waals surface area contributed by atoms with Crippen molar-refractivity contribution in [1.82, 2.24) is 0 Å². The van der Waals surface area contributed by atoms with E-state index < -0.39 is 18.6 Å². The molecule has 19 heavy (non-hydrogen) atoms. The van der Waals surface area contributed by atoms with Gasteiger partial charge in [0.15, 0.2) is 0 Å². The second kappa shape index (κ2) is 6.45. The number of carboxylic acid groups (broad SMARTS) is 1. The molecule has 1 atom stereocenters. The SMILES string of the molecule is CC(CCCC(F)(F)F)Nc1cccc(C(=O)O)c1. The number of aromatic carboxylic acids is 1. The third kappa shape index (κ3) is 6.13. The maximum Gasteiger partial charge on any atom is 0.389 e. The Bertz CT molecular complexity index is 432. The predicted molar refractivity (Wildman–Crippen MR) is 66.4 cm³/mol. The van der Waals surface area contributed by atoms with Crippen LogP contribution in [0.15, 0.2) is 24.3 Å². The van der Waals surface area contributed by atoms with Crippen molar-refractivity contribution < 1.29 is 23.1 Å². The van der Waals surface area contributed by atoms with Crippen molar-refractivity contribution in [3.05, 3.63) is 29.8 Å². The summed E-state index contributed by atoms with van der Waals surface area (Å²) in [5.74, 6) is -1.03. The summed E-state index contributed by atoms with van der Waals surface area (Å²) in [4.78, 5) is 10.8. The summed E-state index contributed by atoms with van der Waals surface area (Å²) < 4.78 is 36.0. The molecular weight excluding hydrogens is 259 g/mol. The molecule has 3 nitrogen and oxygen atoms in total. The van der Waals surface area contributed by atoms with Crippen LogP contribution in [0.5, 0.6) is 0 Å². The van der Waals surface area contributed by atoms with E-state index in [-0.39, 0.29) is 18.0 Å². The van der Waals surface area contributed by atoms with E-state index in [0.717, 1.165) is 0 Å². The highest BCUT2D eigenvalue weighted by atomic mass is 19.4. The zero-order valence-corrected chi connectivity index (χ0v) is 10.5. The smallest absolute Gasteiger partial charge is 0.389 e. The van der Waals surface area contributed by atoms with Crippen molar-refractivity contribution in [1.29, 1.82) is 0 Å². The van der Waals surface area contributed by atoms with Crippen LogP contribution in [0.3, 0.4) is 0 Å². The number of benzene rings is 1. The first-order valence-electron chi connectivity index (χ1n) is 5.94. The van der Waals surface area contributed by atoms with E-state index in [0.29, 0.717) is 12.1 Å². The van der Waals surface area contributed by atoms with Gasteiger partial charge in [-0.15, -0.1) is 0 Å². The Labute approximate surface area is 109 Å². The van der Waals surface area contributed by atoms with E-state index in [1.165, 1.54) is 12.1 Å². The van der Waals surface area contributed by atoms with Crippen molar-refractivity contribution in [2.45, 2.75) is 38.4 Å². The van der Waals surface area contributed by atoms with E-state index >= 15 is 0 Å². The molecule has 106 valence electrons. The standard InChI is InChI=1S/C13H16F3NO2/c1-9(4-3-7-13(14,15)16)17-11-6-2-5-10(8-11)12(18)19/h2,5-6,8-9,17H,3-4,7H2,1H3,(H,18,19). The van der Waals surface area contributed by atoms with Crippen LogP contribution in [-0.4, -0.2) is 23.3 Å². The number of alkyl halides is 3. The molecule has 1 aromatic rings. The van der Waals surface area contributed by atoms with Gasteiger partial charge >= 0.3 is 12.1 Å². The predicted octanol–water partition coefficient (Wildman–Crippen LogP) is 3.92. The molecule has 0 radical (unpaired) electrons. The lowest BCUT2D eigenvalue weighted by molar-refractivity contribution is -0.135. The summed E-state index contributed by atoms with van der Waals surface area (Å²) in [5, 5.41) is 11.8. The van der Waals surface area contributed by atoms with Crippen LogP contribution in [0.1, 0.15) is 36.5 Å². The maximum absolute atomic E-state index is 12.0. The first-order chi connectivity index (χ1) is 8.78. The van der Waals surface area contributed by atoms with Gasteiger partial charge in [-0.25, -0.2) is 4.79 Å². The normalized spacial score (nSPS) is 13.1. The van der Waals surface area contributed by atoms with E-state index in [4.69, 9.17) is 5.11 Å². The van der Waals surface area contributed by atoms with Gasteiger partial charge in [-0.3, -0.25) is 0 Å². The monoisotopic (exact) mass is 275 g/mol. The topological polar surface area (TPSA) is 49.3 Å². The lowest BCUT2D eigenvalue weighted by atomic mass is 10.1. The van der Waals surface area contributed by atoms with Gasteiger partial charge in [0.05, 0.1) is 5.56 Å². The summed E-state index contributed by atoms with van der Waals surface area (Å²) in [6, 6.07) is 6.05. The number of hydrogen-bond acceptors (Lipinski definition) is 2. The van der Waals surface area contributed by atoms with Gasteiger partial charge in [-0.2, -0.15) is 13.2 Å². The molecule has 0 aliphatic carbocycles. The lowest BCUT2D eigenvalue weighted by Gasteiger charge is -2.16. The summed E-state index contributed by atoms with van der Waals surface area (Å²) in [6.45, 7) is 1.77. The van der Waals surface area contributed by atoms with Crippen LogP contribution < -0.4 is 5.32 Å². The van der Waals surface area contributed by atoms with Crippen LogP contribution in [0.4, 0.5) is 18.9 Å². The Kier molecular flexibility index (Phi) is 5.20. The Morgan fingerprint density at radius 2 is 2.11 bits per heavy atom. The molecule has 6 heteroatoms. The quantitative estimate of drug-likeness (QED) is 0.827. The molecular formula is C13H16F3NO2. The third-order valence-electron chi connectivity index (χ3n) is 2.62. The molecule has 0 spiro atoms. The minimum absolute atomic E-state index is 0.0519. The van der Waals surface area contributed by atoms with Crippen molar-refractivity contribution >= 4 is 11.7 Å². The van der Waals surface area contributed by atoms with E-state index in [9.17, 15) is 18.0 Å².